The molecule has 0 atom stereocenters. The van der Waals surface area contributed by atoms with Crippen LogP contribution < -0.4 is 11.2 Å². The van der Waals surface area contributed by atoms with E-state index < -0.39 is 0 Å². The van der Waals surface area contributed by atoms with Crippen molar-refractivity contribution in [2.45, 2.75) is 0 Å². The molecule has 3 aromatic rings. The number of aryl methyl sites for hydroxylation is 1. The minimum absolute atomic E-state index is 0.331. The number of rotatable bonds is 1. The third kappa shape index (κ3) is 2.21. The molecule has 0 bridgehead atoms. The molecule has 0 aliphatic carbocycles. The summed E-state index contributed by atoms with van der Waals surface area (Å²) in [5.74, 6) is 0. The Morgan fingerprint density at radius 1 is 0.952 bits per heavy atom. The lowest BCUT2D eigenvalue weighted by atomic mass is 10.1. The first-order chi connectivity index (χ1) is 9.99. The highest BCUT2D eigenvalue weighted by atomic mass is 79.9. The largest absolute Gasteiger partial charge is 0.332 e. The van der Waals surface area contributed by atoms with E-state index in [0.717, 1.165) is 20.3 Å². The predicted octanol–water partition coefficient (Wildman–Crippen LogP) is 2.06. The lowest BCUT2D eigenvalue weighted by Gasteiger charge is -2.08. The van der Waals surface area contributed by atoms with Gasteiger partial charge in [-0.2, -0.15) is 0 Å². The van der Waals surface area contributed by atoms with Gasteiger partial charge in [0.05, 0.1) is 11.1 Å². The first-order valence-corrected chi connectivity index (χ1v) is 7.11. The number of pyridine rings is 1. The second-order valence-corrected chi connectivity index (χ2v) is 5.70. The van der Waals surface area contributed by atoms with Gasteiger partial charge in [0, 0.05) is 24.1 Å². The van der Waals surface area contributed by atoms with E-state index in [1.807, 2.05) is 24.3 Å². The Balaban J connectivity index is 2.33. The van der Waals surface area contributed by atoms with Gasteiger partial charge in [-0.15, -0.1) is 0 Å². The topological polar surface area (TPSA) is 56.9 Å². The van der Waals surface area contributed by atoms with Crippen LogP contribution in [-0.4, -0.2) is 14.1 Å². The standard InChI is InChI=1S/C15H12BrN3O2/c1-18-13-11(14(20)19(2)15(18)21)7-8-12(17-13)9-3-5-10(16)6-4-9/h3-8H,1-2H3. The molecule has 0 aliphatic rings. The van der Waals surface area contributed by atoms with Crippen molar-refractivity contribution in [3.63, 3.8) is 0 Å². The third-order valence-electron chi connectivity index (χ3n) is 3.44. The van der Waals surface area contributed by atoms with E-state index in [0.29, 0.717) is 11.0 Å². The van der Waals surface area contributed by atoms with E-state index in [9.17, 15) is 9.59 Å². The molecule has 0 fully saturated rings. The highest BCUT2D eigenvalue weighted by Gasteiger charge is 2.10. The normalized spacial score (nSPS) is 11.0. The van der Waals surface area contributed by atoms with E-state index in [1.54, 1.807) is 19.2 Å². The van der Waals surface area contributed by atoms with E-state index >= 15 is 0 Å². The summed E-state index contributed by atoms with van der Waals surface area (Å²) in [5, 5.41) is 0.431. The monoisotopic (exact) mass is 345 g/mol. The maximum Gasteiger partial charge on any atom is 0.332 e. The summed E-state index contributed by atoms with van der Waals surface area (Å²) in [6, 6.07) is 11.2. The van der Waals surface area contributed by atoms with Crippen LogP contribution in [0.5, 0.6) is 0 Å². The van der Waals surface area contributed by atoms with Crippen LogP contribution in [0.1, 0.15) is 0 Å². The van der Waals surface area contributed by atoms with E-state index in [4.69, 9.17) is 0 Å². The average molecular weight is 346 g/mol. The van der Waals surface area contributed by atoms with Gasteiger partial charge in [-0.3, -0.25) is 13.9 Å². The molecule has 5 nitrogen and oxygen atoms in total. The molecule has 0 unspecified atom stereocenters. The van der Waals surface area contributed by atoms with Crippen molar-refractivity contribution in [3.05, 3.63) is 61.7 Å². The second-order valence-electron chi connectivity index (χ2n) is 4.78. The fourth-order valence-electron chi connectivity index (χ4n) is 2.24. The second kappa shape index (κ2) is 4.96. The Hall–Kier alpha value is -2.21. The summed E-state index contributed by atoms with van der Waals surface area (Å²) >= 11 is 3.39. The lowest BCUT2D eigenvalue weighted by molar-refractivity contribution is 0.708. The molecule has 0 aliphatic heterocycles. The summed E-state index contributed by atoms with van der Waals surface area (Å²) < 4.78 is 3.45. The quantitative estimate of drug-likeness (QED) is 0.678. The highest BCUT2D eigenvalue weighted by molar-refractivity contribution is 9.10. The fraction of sp³-hybridized carbons (Fsp3) is 0.133. The number of aromatic nitrogens is 3. The number of hydrogen-bond donors (Lipinski definition) is 0. The van der Waals surface area contributed by atoms with Crippen molar-refractivity contribution in [3.8, 4) is 11.3 Å². The van der Waals surface area contributed by atoms with Crippen LogP contribution in [0.15, 0.2) is 50.5 Å². The van der Waals surface area contributed by atoms with Crippen molar-refractivity contribution in [2.75, 3.05) is 0 Å². The molecule has 0 amide bonds. The minimum Gasteiger partial charge on any atom is -0.280 e. The molecule has 0 saturated carbocycles. The van der Waals surface area contributed by atoms with Crippen molar-refractivity contribution in [2.24, 2.45) is 14.1 Å². The van der Waals surface area contributed by atoms with Gasteiger partial charge in [-0.05, 0) is 24.3 Å². The van der Waals surface area contributed by atoms with Gasteiger partial charge in [0.2, 0.25) is 0 Å². The number of benzene rings is 1. The van der Waals surface area contributed by atoms with Crippen LogP contribution >= 0.6 is 15.9 Å². The maximum atomic E-state index is 12.1. The Morgan fingerprint density at radius 3 is 2.29 bits per heavy atom. The molecule has 0 saturated heterocycles. The summed E-state index contributed by atoms with van der Waals surface area (Å²) in [6.45, 7) is 0. The molecule has 0 radical (unpaired) electrons. The number of hydrogen-bond acceptors (Lipinski definition) is 3. The van der Waals surface area contributed by atoms with Gasteiger partial charge in [0.1, 0.15) is 5.65 Å². The summed E-state index contributed by atoms with van der Waals surface area (Å²) in [6.07, 6.45) is 0. The smallest absolute Gasteiger partial charge is 0.280 e. The Morgan fingerprint density at radius 2 is 1.62 bits per heavy atom. The molecule has 21 heavy (non-hydrogen) atoms. The van der Waals surface area contributed by atoms with Crippen LogP contribution in [0.3, 0.4) is 0 Å². The highest BCUT2D eigenvalue weighted by Crippen LogP contribution is 2.21. The molecule has 3 rings (SSSR count). The van der Waals surface area contributed by atoms with Crippen LogP contribution in [0.25, 0.3) is 22.3 Å². The molecular weight excluding hydrogens is 334 g/mol. The number of fused-ring (bicyclic) bond motifs is 1. The van der Waals surface area contributed by atoms with Crippen LogP contribution in [0.2, 0.25) is 0 Å². The van der Waals surface area contributed by atoms with Crippen LogP contribution in [0.4, 0.5) is 0 Å². The molecule has 1 aromatic carbocycles. The Kier molecular flexibility index (Phi) is 3.25. The van der Waals surface area contributed by atoms with Crippen LogP contribution in [-0.2, 0) is 14.1 Å². The zero-order chi connectivity index (χ0) is 15.1. The van der Waals surface area contributed by atoms with Crippen molar-refractivity contribution >= 4 is 27.0 Å². The van der Waals surface area contributed by atoms with E-state index in [2.05, 4.69) is 20.9 Å². The predicted molar refractivity (Wildman–Crippen MR) is 85.4 cm³/mol. The van der Waals surface area contributed by atoms with Gasteiger partial charge in [0.25, 0.3) is 5.56 Å². The Bertz CT molecular complexity index is 956. The fourth-order valence-corrected chi connectivity index (χ4v) is 2.50. The molecule has 0 N–H and O–H groups in total. The summed E-state index contributed by atoms with van der Waals surface area (Å²) in [5.41, 5.74) is 1.32. The third-order valence-corrected chi connectivity index (χ3v) is 3.97. The lowest BCUT2D eigenvalue weighted by Crippen LogP contribution is -2.37. The van der Waals surface area contributed by atoms with Crippen molar-refractivity contribution < 1.29 is 0 Å². The van der Waals surface area contributed by atoms with Crippen LogP contribution in [0, 0.1) is 0 Å². The van der Waals surface area contributed by atoms with Gasteiger partial charge in [0.15, 0.2) is 0 Å². The number of halogens is 1. The van der Waals surface area contributed by atoms with Gasteiger partial charge in [-0.25, -0.2) is 9.78 Å². The maximum absolute atomic E-state index is 12.1. The summed E-state index contributed by atoms with van der Waals surface area (Å²) in [7, 11) is 3.08. The number of nitrogens with zero attached hydrogens (tertiary/aromatic N) is 3. The van der Waals surface area contributed by atoms with E-state index in [-0.39, 0.29) is 11.2 Å². The molecule has 2 aromatic heterocycles. The van der Waals surface area contributed by atoms with Crippen molar-refractivity contribution in [1.29, 1.82) is 0 Å². The first kappa shape index (κ1) is 13.8. The average Bonchev–Trinajstić information content (AvgIpc) is 2.51. The zero-order valence-electron chi connectivity index (χ0n) is 11.5. The summed E-state index contributed by atoms with van der Waals surface area (Å²) in [4.78, 5) is 28.5. The van der Waals surface area contributed by atoms with E-state index in [1.165, 1.54) is 11.6 Å². The zero-order valence-corrected chi connectivity index (χ0v) is 13.1. The minimum atomic E-state index is -0.382. The van der Waals surface area contributed by atoms with Gasteiger partial charge >= 0.3 is 5.69 Å². The molecule has 0 spiro atoms. The van der Waals surface area contributed by atoms with Gasteiger partial charge in [-0.1, -0.05) is 28.1 Å². The van der Waals surface area contributed by atoms with Gasteiger partial charge < -0.3 is 0 Å². The molecule has 106 valence electrons. The molecular formula is C15H12BrN3O2. The SMILES string of the molecule is Cn1c(=O)c2ccc(-c3ccc(Br)cc3)nc2n(C)c1=O. The van der Waals surface area contributed by atoms with Crippen molar-refractivity contribution in [1.82, 2.24) is 14.1 Å². The first-order valence-electron chi connectivity index (χ1n) is 6.32. The molecule has 6 heteroatoms. The molecule has 2 heterocycles. The Labute approximate surface area is 128 Å².